The summed E-state index contributed by atoms with van der Waals surface area (Å²) in [4.78, 5) is 11.6. The second-order valence-electron chi connectivity index (χ2n) is 8.82. The van der Waals surface area contributed by atoms with Gasteiger partial charge in [-0.25, -0.2) is 4.98 Å². The van der Waals surface area contributed by atoms with Gasteiger partial charge in [0.25, 0.3) is 0 Å². The number of anilines is 2. The van der Waals surface area contributed by atoms with Crippen LogP contribution in [-0.4, -0.2) is 49.3 Å². The normalized spacial score (nSPS) is 18.6. The van der Waals surface area contributed by atoms with Crippen molar-refractivity contribution in [3.05, 3.63) is 60.2 Å². The highest BCUT2D eigenvalue weighted by atomic mass is 16.5. The minimum Gasteiger partial charge on any atom is -0.377 e. The van der Waals surface area contributed by atoms with E-state index in [0.717, 1.165) is 55.1 Å². The average molecular weight is 434 g/mol. The van der Waals surface area contributed by atoms with Crippen LogP contribution in [0.5, 0.6) is 0 Å². The molecule has 1 aromatic heterocycles. The molecule has 0 bridgehead atoms. The maximum atomic E-state index is 5.78. The standard InChI is InChI=1S/C26H35N5O/c1-31(2)25-23-11-6-7-12-24(23)29-26(30-25)28-22-15-13-21(14-16-22)27-17-8-18-32-19-20-9-4-3-5-10-20/h3-7,9-12,21-22,27H,8,13-19H2,1-2H3,(H,28,29,30). The number of fused-ring (bicyclic) bond motifs is 1. The quantitative estimate of drug-likeness (QED) is 0.455. The van der Waals surface area contributed by atoms with Crippen molar-refractivity contribution in [1.29, 1.82) is 0 Å². The monoisotopic (exact) mass is 433 g/mol. The summed E-state index contributed by atoms with van der Waals surface area (Å²) in [6.45, 7) is 2.51. The number of hydrogen-bond acceptors (Lipinski definition) is 6. The predicted molar refractivity (Wildman–Crippen MR) is 132 cm³/mol. The van der Waals surface area contributed by atoms with Crippen molar-refractivity contribution in [3.63, 3.8) is 0 Å². The molecule has 0 aliphatic heterocycles. The van der Waals surface area contributed by atoms with Gasteiger partial charge in [0.05, 0.1) is 12.1 Å². The topological polar surface area (TPSA) is 62.3 Å². The molecule has 1 saturated carbocycles. The van der Waals surface area contributed by atoms with Crippen molar-refractivity contribution in [2.75, 3.05) is 37.5 Å². The van der Waals surface area contributed by atoms with Crippen LogP contribution in [0.3, 0.4) is 0 Å². The van der Waals surface area contributed by atoms with Crippen LogP contribution in [0.15, 0.2) is 54.6 Å². The van der Waals surface area contributed by atoms with Gasteiger partial charge >= 0.3 is 0 Å². The predicted octanol–water partition coefficient (Wildman–Crippen LogP) is 4.62. The molecule has 6 nitrogen and oxygen atoms in total. The van der Waals surface area contributed by atoms with E-state index in [-0.39, 0.29) is 0 Å². The van der Waals surface area contributed by atoms with Crippen LogP contribution < -0.4 is 15.5 Å². The van der Waals surface area contributed by atoms with Gasteiger partial charge in [-0.3, -0.25) is 0 Å². The fraction of sp³-hybridized carbons (Fsp3) is 0.462. The summed E-state index contributed by atoms with van der Waals surface area (Å²) in [7, 11) is 4.06. The smallest absolute Gasteiger partial charge is 0.225 e. The second-order valence-corrected chi connectivity index (χ2v) is 8.82. The summed E-state index contributed by atoms with van der Waals surface area (Å²) >= 11 is 0. The van der Waals surface area contributed by atoms with Gasteiger partial charge in [0.1, 0.15) is 5.82 Å². The van der Waals surface area contributed by atoms with Crippen molar-refractivity contribution in [2.45, 2.75) is 50.8 Å². The maximum absolute atomic E-state index is 5.78. The van der Waals surface area contributed by atoms with E-state index >= 15 is 0 Å². The van der Waals surface area contributed by atoms with Crippen molar-refractivity contribution >= 4 is 22.7 Å². The SMILES string of the molecule is CN(C)c1nc(NC2CCC(NCCCOCc3ccccc3)CC2)nc2ccccc12. The molecule has 0 unspecified atom stereocenters. The van der Waals surface area contributed by atoms with E-state index in [4.69, 9.17) is 14.7 Å². The highest BCUT2D eigenvalue weighted by Crippen LogP contribution is 2.26. The Hall–Kier alpha value is -2.70. The van der Waals surface area contributed by atoms with Crippen LogP contribution in [0.2, 0.25) is 0 Å². The Morgan fingerprint density at radius 2 is 1.62 bits per heavy atom. The number of aromatic nitrogens is 2. The van der Waals surface area contributed by atoms with E-state index < -0.39 is 0 Å². The second kappa shape index (κ2) is 11.2. The number of ether oxygens (including phenoxy) is 1. The highest BCUT2D eigenvalue weighted by molar-refractivity contribution is 5.90. The summed E-state index contributed by atoms with van der Waals surface area (Å²) < 4.78 is 5.78. The number of para-hydroxylation sites is 1. The van der Waals surface area contributed by atoms with E-state index in [1.807, 2.05) is 32.3 Å². The van der Waals surface area contributed by atoms with Gasteiger partial charge in [-0.1, -0.05) is 42.5 Å². The zero-order valence-corrected chi connectivity index (χ0v) is 19.3. The first-order valence-electron chi connectivity index (χ1n) is 11.7. The molecule has 32 heavy (non-hydrogen) atoms. The van der Waals surface area contributed by atoms with Gasteiger partial charge in [0.2, 0.25) is 5.95 Å². The molecule has 2 aromatic carbocycles. The first-order chi connectivity index (χ1) is 15.7. The molecule has 170 valence electrons. The zero-order chi connectivity index (χ0) is 22.2. The van der Waals surface area contributed by atoms with E-state index in [0.29, 0.717) is 18.7 Å². The molecule has 1 heterocycles. The zero-order valence-electron chi connectivity index (χ0n) is 19.3. The summed E-state index contributed by atoms with van der Waals surface area (Å²) in [5.41, 5.74) is 2.22. The number of rotatable bonds is 10. The summed E-state index contributed by atoms with van der Waals surface area (Å²) in [5, 5.41) is 8.39. The van der Waals surface area contributed by atoms with Crippen LogP contribution in [0, 0.1) is 0 Å². The van der Waals surface area contributed by atoms with Gasteiger partial charge in [-0.15, -0.1) is 0 Å². The fourth-order valence-electron chi connectivity index (χ4n) is 4.33. The first-order valence-corrected chi connectivity index (χ1v) is 11.7. The van der Waals surface area contributed by atoms with Crippen molar-refractivity contribution < 1.29 is 4.74 Å². The van der Waals surface area contributed by atoms with E-state index in [2.05, 4.69) is 51.9 Å². The number of nitrogens with one attached hydrogen (secondary N) is 2. The lowest BCUT2D eigenvalue weighted by Gasteiger charge is -2.30. The van der Waals surface area contributed by atoms with Crippen LogP contribution >= 0.6 is 0 Å². The van der Waals surface area contributed by atoms with Crippen molar-refractivity contribution in [3.8, 4) is 0 Å². The minimum absolute atomic E-state index is 0.429. The number of nitrogens with zero attached hydrogens (tertiary/aromatic N) is 3. The maximum Gasteiger partial charge on any atom is 0.225 e. The fourth-order valence-corrected chi connectivity index (χ4v) is 4.33. The number of hydrogen-bond donors (Lipinski definition) is 2. The summed E-state index contributed by atoms with van der Waals surface area (Å²) in [6, 6.07) is 19.6. The lowest BCUT2D eigenvalue weighted by molar-refractivity contribution is 0.117. The van der Waals surface area contributed by atoms with Crippen molar-refractivity contribution in [1.82, 2.24) is 15.3 Å². The summed E-state index contributed by atoms with van der Waals surface area (Å²) in [5.74, 6) is 1.70. The Bertz CT molecular complexity index is 970. The number of benzene rings is 2. The van der Waals surface area contributed by atoms with Crippen LogP contribution in [0.4, 0.5) is 11.8 Å². The Morgan fingerprint density at radius 3 is 2.41 bits per heavy atom. The largest absolute Gasteiger partial charge is 0.377 e. The third-order valence-corrected chi connectivity index (χ3v) is 6.08. The van der Waals surface area contributed by atoms with E-state index in [9.17, 15) is 0 Å². The third kappa shape index (κ3) is 6.17. The van der Waals surface area contributed by atoms with Crippen LogP contribution in [0.1, 0.15) is 37.7 Å². The van der Waals surface area contributed by atoms with Gasteiger partial charge in [-0.2, -0.15) is 4.98 Å². The van der Waals surface area contributed by atoms with Crippen LogP contribution in [-0.2, 0) is 11.3 Å². The average Bonchev–Trinajstić information content (AvgIpc) is 2.82. The Morgan fingerprint density at radius 1 is 0.906 bits per heavy atom. The molecule has 1 aliphatic rings. The molecule has 2 N–H and O–H groups in total. The molecular formula is C26H35N5O. The molecule has 1 aliphatic carbocycles. The van der Waals surface area contributed by atoms with Gasteiger partial charge < -0.3 is 20.3 Å². The van der Waals surface area contributed by atoms with E-state index in [1.54, 1.807) is 0 Å². The van der Waals surface area contributed by atoms with Gasteiger partial charge in [-0.05, 0) is 56.3 Å². The van der Waals surface area contributed by atoms with Crippen LogP contribution in [0.25, 0.3) is 10.9 Å². The van der Waals surface area contributed by atoms with E-state index in [1.165, 1.54) is 18.4 Å². The molecule has 4 rings (SSSR count). The Balaban J connectivity index is 1.17. The highest BCUT2D eigenvalue weighted by Gasteiger charge is 2.21. The molecule has 0 spiro atoms. The lowest BCUT2D eigenvalue weighted by atomic mass is 9.91. The molecule has 1 fully saturated rings. The molecule has 0 radical (unpaired) electrons. The minimum atomic E-state index is 0.429. The van der Waals surface area contributed by atoms with Gasteiger partial charge in [0, 0.05) is 38.2 Å². The summed E-state index contributed by atoms with van der Waals surface area (Å²) in [6.07, 6.45) is 5.67. The molecule has 6 heteroatoms. The van der Waals surface area contributed by atoms with Crippen molar-refractivity contribution in [2.24, 2.45) is 0 Å². The van der Waals surface area contributed by atoms with Gasteiger partial charge in [0.15, 0.2) is 0 Å². The third-order valence-electron chi connectivity index (χ3n) is 6.08. The molecule has 3 aromatic rings. The Kier molecular flexibility index (Phi) is 7.91. The lowest BCUT2D eigenvalue weighted by Crippen LogP contribution is -2.37. The molecule has 0 atom stereocenters. The Labute approximate surface area is 191 Å². The molecular weight excluding hydrogens is 398 g/mol. The molecule has 0 amide bonds. The molecule has 0 saturated heterocycles. The first kappa shape index (κ1) is 22.5.